The summed E-state index contributed by atoms with van der Waals surface area (Å²) in [5, 5.41) is 9.53. The molecule has 0 aliphatic carbocycles. The molecule has 0 radical (unpaired) electrons. The van der Waals surface area contributed by atoms with E-state index in [1.807, 2.05) is 19.1 Å². The highest BCUT2D eigenvalue weighted by molar-refractivity contribution is 9.10. The average Bonchev–Trinajstić information content (AvgIpc) is 2.02. The molecule has 0 heterocycles. The molecule has 0 saturated heterocycles. The Hall–Kier alpha value is -0.540. The van der Waals surface area contributed by atoms with E-state index in [4.69, 9.17) is 5.73 Å². The molecule has 1 unspecified atom stereocenters. The summed E-state index contributed by atoms with van der Waals surface area (Å²) in [6.07, 6.45) is 1.73. The van der Waals surface area contributed by atoms with E-state index in [1.165, 1.54) is 0 Å². The number of hydrogen-bond donors (Lipinski definition) is 2. The second kappa shape index (κ2) is 4.63. The van der Waals surface area contributed by atoms with E-state index < -0.39 is 0 Å². The summed E-state index contributed by atoms with van der Waals surface area (Å²) in [5.41, 5.74) is 6.59. The molecule has 1 aromatic carbocycles. The lowest BCUT2D eigenvalue weighted by molar-refractivity contribution is 0.465. The molecule has 3 heteroatoms. The number of aromatic hydroxyl groups is 1. The number of hydrogen-bond acceptors (Lipinski definition) is 2. The smallest absolute Gasteiger partial charge is 0.119 e. The van der Waals surface area contributed by atoms with Crippen LogP contribution in [0.1, 0.15) is 18.9 Å². The first-order valence-corrected chi connectivity index (χ1v) is 5.12. The van der Waals surface area contributed by atoms with Gasteiger partial charge in [-0.3, -0.25) is 0 Å². The first-order chi connectivity index (χ1) is 6.09. The molecular formula is C10H14BrNO. The zero-order valence-corrected chi connectivity index (χ0v) is 9.21. The number of halogens is 1. The summed E-state index contributed by atoms with van der Waals surface area (Å²) >= 11 is 3.29. The van der Waals surface area contributed by atoms with Gasteiger partial charge in [0.1, 0.15) is 5.75 Å². The predicted molar refractivity (Wildman–Crippen MR) is 57.8 cm³/mol. The Morgan fingerprint density at radius 1 is 1.54 bits per heavy atom. The molecule has 72 valence electrons. The molecular weight excluding hydrogens is 230 g/mol. The third kappa shape index (κ3) is 3.36. The van der Waals surface area contributed by atoms with E-state index in [9.17, 15) is 5.11 Å². The first kappa shape index (κ1) is 10.5. The van der Waals surface area contributed by atoms with Crippen molar-refractivity contribution in [3.05, 3.63) is 28.2 Å². The van der Waals surface area contributed by atoms with E-state index >= 15 is 0 Å². The van der Waals surface area contributed by atoms with Gasteiger partial charge in [0.05, 0.1) is 0 Å². The van der Waals surface area contributed by atoms with Crippen LogP contribution in [-0.4, -0.2) is 11.1 Å². The van der Waals surface area contributed by atoms with Crippen LogP contribution in [0, 0.1) is 0 Å². The maximum atomic E-state index is 9.53. The van der Waals surface area contributed by atoms with Gasteiger partial charge < -0.3 is 10.8 Å². The molecule has 1 atom stereocenters. The van der Waals surface area contributed by atoms with Crippen LogP contribution in [-0.2, 0) is 6.42 Å². The van der Waals surface area contributed by atoms with Crippen molar-refractivity contribution < 1.29 is 5.11 Å². The molecule has 0 bridgehead atoms. The van der Waals surface area contributed by atoms with Crippen LogP contribution in [0.25, 0.3) is 0 Å². The van der Waals surface area contributed by atoms with Crippen LogP contribution in [0.15, 0.2) is 22.7 Å². The fraction of sp³-hybridized carbons (Fsp3) is 0.400. The van der Waals surface area contributed by atoms with Crippen molar-refractivity contribution in [3.63, 3.8) is 0 Å². The van der Waals surface area contributed by atoms with Gasteiger partial charge in [0.25, 0.3) is 0 Å². The largest absolute Gasteiger partial charge is 0.508 e. The minimum atomic E-state index is 0.183. The van der Waals surface area contributed by atoms with Crippen molar-refractivity contribution in [2.45, 2.75) is 25.8 Å². The molecule has 0 spiro atoms. The van der Waals surface area contributed by atoms with Crippen LogP contribution in [0.5, 0.6) is 5.75 Å². The maximum Gasteiger partial charge on any atom is 0.119 e. The summed E-state index contributed by atoms with van der Waals surface area (Å²) < 4.78 is 0.898. The number of nitrogens with two attached hydrogens (primary N) is 1. The zero-order valence-electron chi connectivity index (χ0n) is 7.63. The second-order valence-electron chi connectivity index (χ2n) is 3.29. The molecule has 0 aliphatic rings. The molecule has 2 nitrogen and oxygen atoms in total. The number of phenols is 1. The third-order valence-electron chi connectivity index (χ3n) is 1.92. The quantitative estimate of drug-likeness (QED) is 0.857. The van der Waals surface area contributed by atoms with E-state index in [1.54, 1.807) is 6.07 Å². The van der Waals surface area contributed by atoms with Gasteiger partial charge in [-0.1, -0.05) is 22.0 Å². The second-order valence-corrected chi connectivity index (χ2v) is 4.20. The maximum absolute atomic E-state index is 9.53. The van der Waals surface area contributed by atoms with Crippen LogP contribution >= 0.6 is 15.9 Å². The Balaban J connectivity index is 2.67. The van der Waals surface area contributed by atoms with Gasteiger partial charge >= 0.3 is 0 Å². The minimum Gasteiger partial charge on any atom is -0.508 e. The predicted octanol–water partition coefficient (Wildman–Crippen LogP) is 2.43. The minimum absolute atomic E-state index is 0.183. The molecule has 0 saturated carbocycles. The summed E-state index contributed by atoms with van der Waals surface area (Å²) in [4.78, 5) is 0. The van der Waals surface area contributed by atoms with Crippen molar-refractivity contribution in [2.24, 2.45) is 5.73 Å². The van der Waals surface area contributed by atoms with Gasteiger partial charge in [-0.25, -0.2) is 0 Å². The Labute approximate surface area is 86.9 Å². The van der Waals surface area contributed by atoms with Crippen molar-refractivity contribution >= 4 is 15.9 Å². The third-order valence-corrected chi connectivity index (χ3v) is 2.41. The van der Waals surface area contributed by atoms with Crippen molar-refractivity contribution in [1.82, 2.24) is 0 Å². The highest BCUT2D eigenvalue weighted by Gasteiger charge is 2.02. The van der Waals surface area contributed by atoms with Crippen molar-refractivity contribution in [1.29, 1.82) is 0 Å². The van der Waals surface area contributed by atoms with Gasteiger partial charge in [0, 0.05) is 10.5 Å². The number of phenolic OH excluding ortho intramolecular Hbond substituents is 1. The lowest BCUT2D eigenvalue weighted by atomic mass is 10.1. The molecule has 0 amide bonds. The summed E-state index contributed by atoms with van der Waals surface area (Å²) in [7, 11) is 0. The van der Waals surface area contributed by atoms with Gasteiger partial charge in [-0.15, -0.1) is 0 Å². The normalized spacial score (nSPS) is 12.8. The van der Waals surface area contributed by atoms with Gasteiger partial charge in [0.2, 0.25) is 0 Å². The van der Waals surface area contributed by atoms with Gasteiger partial charge in [-0.05, 0) is 37.5 Å². The Bertz CT molecular complexity index is 286. The van der Waals surface area contributed by atoms with Crippen LogP contribution < -0.4 is 5.73 Å². The fourth-order valence-electron chi connectivity index (χ4n) is 1.13. The fourth-order valence-corrected chi connectivity index (χ4v) is 1.48. The van der Waals surface area contributed by atoms with E-state index in [0.29, 0.717) is 5.75 Å². The molecule has 13 heavy (non-hydrogen) atoms. The van der Waals surface area contributed by atoms with E-state index in [-0.39, 0.29) is 6.04 Å². The molecule has 1 aromatic rings. The zero-order chi connectivity index (χ0) is 9.84. The number of aryl methyl sites for hydroxylation is 1. The van der Waals surface area contributed by atoms with Crippen LogP contribution in [0.4, 0.5) is 0 Å². The monoisotopic (exact) mass is 243 g/mol. The molecule has 1 rings (SSSR count). The summed E-state index contributed by atoms with van der Waals surface area (Å²) in [5.74, 6) is 0.343. The lowest BCUT2D eigenvalue weighted by Gasteiger charge is -2.06. The Morgan fingerprint density at radius 3 is 2.77 bits per heavy atom. The Kier molecular flexibility index (Phi) is 3.75. The Morgan fingerprint density at radius 2 is 2.23 bits per heavy atom. The van der Waals surface area contributed by atoms with Gasteiger partial charge in [-0.2, -0.15) is 0 Å². The molecule has 0 aromatic heterocycles. The SMILES string of the molecule is CC(N)CCc1ccc(Br)cc1O. The summed E-state index contributed by atoms with van der Waals surface area (Å²) in [6, 6.07) is 5.73. The lowest BCUT2D eigenvalue weighted by Crippen LogP contribution is -2.15. The molecule has 0 aliphatic heterocycles. The van der Waals surface area contributed by atoms with Crippen molar-refractivity contribution in [3.8, 4) is 5.75 Å². The standard InChI is InChI=1S/C10H14BrNO/c1-7(12)2-3-8-4-5-9(11)6-10(8)13/h4-7,13H,2-3,12H2,1H3. The van der Waals surface area contributed by atoms with Crippen LogP contribution in [0.2, 0.25) is 0 Å². The molecule has 0 fully saturated rings. The topological polar surface area (TPSA) is 46.2 Å². The summed E-state index contributed by atoms with van der Waals surface area (Å²) in [6.45, 7) is 1.97. The van der Waals surface area contributed by atoms with E-state index in [0.717, 1.165) is 22.9 Å². The number of rotatable bonds is 3. The highest BCUT2D eigenvalue weighted by Crippen LogP contribution is 2.23. The molecule has 3 N–H and O–H groups in total. The van der Waals surface area contributed by atoms with Crippen molar-refractivity contribution in [2.75, 3.05) is 0 Å². The average molecular weight is 244 g/mol. The first-order valence-electron chi connectivity index (χ1n) is 4.32. The van der Waals surface area contributed by atoms with Gasteiger partial charge in [0.15, 0.2) is 0 Å². The number of benzene rings is 1. The highest BCUT2D eigenvalue weighted by atomic mass is 79.9. The van der Waals surface area contributed by atoms with E-state index in [2.05, 4.69) is 15.9 Å². The van der Waals surface area contributed by atoms with Crippen LogP contribution in [0.3, 0.4) is 0 Å².